The van der Waals surface area contributed by atoms with Gasteiger partial charge in [-0.1, -0.05) is 18.2 Å². The molecule has 4 rings (SSSR count). The summed E-state index contributed by atoms with van der Waals surface area (Å²) in [7, 11) is 0. The van der Waals surface area contributed by atoms with Crippen LogP contribution >= 0.6 is 15.9 Å². The van der Waals surface area contributed by atoms with Crippen molar-refractivity contribution in [3.05, 3.63) is 86.4 Å². The molecule has 0 spiro atoms. The smallest absolute Gasteiger partial charge is 0.273 e. The molecule has 0 unspecified atom stereocenters. The molecule has 1 amide bonds. The van der Waals surface area contributed by atoms with Crippen molar-refractivity contribution in [3.8, 4) is 11.5 Å². The van der Waals surface area contributed by atoms with Gasteiger partial charge in [0, 0.05) is 27.4 Å². The number of carbonyl (C=O) groups is 1. The monoisotopic (exact) mass is 451 g/mol. The predicted molar refractivity (Wildman–Crippen MR) is 113 cm³/mol. The summed E-state index contributed by atoms with van der Waals surface area (Å²) in [5.74, 6) is 0.0204. The van der Waals surface area contributed by atoms with Gasteiger partial charge in [-0.3, -0.25) is 14.9 Å². The van der Waals surface area contributed by atoms with E-state index < -0.39 is 10.8 Å². The van der Waals surface area contributed by atoms with Gasteiger partial charge < -0.3 is 9.73 Å². The largest absolute Gasteiger partial charge is 0.436 e. The molecule has 7 nitrogen and oxygen atoms in total. The molecule has 0 fully saturated rings. The van der Waals surface area contributed by atoms with Gasteiger partial charge in [0.15, 0.2) is 5.58 Å². The topological polar surface area (TPSA) is 98.3 Å². The predicted octanol–water partition coefficient (Wildman–Crippen LogP) is 5.73. The summed E-state index contributed by atoms with van der Waals surface area (Å²) in [6.45, 7) is 1.63. The van der Waals surface area contributed by atoms with Crippen molar-refractivity contribution in [2.45, 2.75) is 6.92 Å². The number of nitrogens with one attached hydrogen (secondary N) is 1. The number of amides is 1. The van der Waals surface area contributed by atoms with Gasteiger partial charge in [-0.25, -0.2) is 4.98 Å². The summed E-state index contributed by atoms with van der Waals surface area (Å²) >= 11 is 3.48. The van der Waals surface area contributed by atoms with Crippen LogP contribution < -0.4 is 5.32 Å². The van der Waals surface area contributed by atoms with Crippen molar-refractivity contribution in [1.82, 2.24) is 4.98 Å². The minimum atomic E-state index is -0.503. The lowest BCUT2D eigenvalue weighted by atomic mass is 10.1. The van der Waals surface area contributed by atoms with Crippen LogP contribution in [0.5, 0.6) is 0 Å². The second-order valence-electron chi connectivity index (χ2n) is 6.39. The highest BCUT2D eigenvalue weighted by molar-refractivity contribution is 9.10. The Kier molecular flexibility index (Phi) is 4.85. The van der Waals surface area contributed by atoms with Crippen molar-refractivity contribution < 1.29 is 14.1 Å². The summed E-state index contributed by atoms with van der Waals surface area (Å²) in [6.07, 6.45) is 0. The first-order valence-corrected chi connectivity index (χ1v) is 9.43. The fourth-order valence-corrected chi connectivity index (χ4v) is 3.36. The van der Waals surface area contributed by atoms with Crippen LogP contribution in [-0.4, -0.2) is 15.8 Å². The van der Waals surface area contributed by atoms with Crippen LogP contribution in [0.3, 0.4) is 0 Å². The zero-order chi connectivity index (χ0) is 20.5. The van der Waals surface area contributed by atoms with Crippen molar-refractivity contribution >= 4 is 44.3 Å². The van der Waals surface area contributed by atoms with Crippen LogP contribution in [0.15, 0.2) is 69.6 Å². The number of aromatic nitrogens is 1. The van der Waals surface area contributed by atoms with E-state index in [1.807, 2.05) is 24.3 Å². The zero-order valence-electron chi connectivity index (χ0n) is 15.2. The molecular formula is C21H14BrN3O4. The summed E-state index contributed by atoms with van der Waals surface area (Å²) in [5, 5.41) is 13.8. The van der Waals surface area contributed by atoms with E-state index >= 15 is 0 Å². The fraction of sp³-hybridized carbons (Fsp3) is 0.0476. The summed E-state index contributed by atoms with van der Waals surface area (Å²) in [4.78, 5) is 27.6. The molecule has 144 valence electrons. The Hall–Kier alpha value is -3.52. The lowest BCUT2D eigenvalue weighted by Crippen LogP contribution is -2.12. The first-order chi connectivity index (χ1) is 13.9. The number of rotatable bonds is 4. The average molecular weight is 452 g/mol. The average Bonchev–Trinajstić information content (AvgIpc) is 3.11. The number of nitrogens with zero attached hydrogens (tertiary/aromatic N) is 2. The van der Waals surface area contributed by atoms with Crippen molar-refractivity contribution in [2.75, 3.05) is 5.32 Å². The first-order valence-electron chi connectivity index (χ1n) is 8.64. The normalized spacial score (nSPS) is 10.8. The number of hydrogen-bond acceptors (Lipinski definition) is 5. The molecular weight excluding hydrogens is 438 g/mol. The molecule has 4 aromatic rings. The van der Waals surface area contributed by atoms with Gasteiger partial charge in [-0.05, 0) is 59.3 Å². The van der Waals surface area contributed by atoms with E-state index in [1.165, 1.54) is 6.07 Å². The number of benzene rings is 3. The maximum atomic E-state index is 12.5. The number of carbonyl (C=O) groups excluding carboxylic acids is 1. The third kappa shape index (κ3) is 3.74. The molecule has 0 saturated heterocycles. The maximum Gasteiger partial charge on any atom is 0.273 e. The van der Waals surface area contributed by atoms with Crippen LogP contribution in [0.2, 0.25) is 0 Å². The van der Waals surface area contributed by atoms with Crippen LogP contribution in [0.1, 0.15) is 15.9 Å². The second-order valence-corrected chi connectivity index (χ2v) is 7.25. The molecule has 1 heterocycles. The quantitative estimate of drug-likeness (QED) is 0.315. The molecule has 0 aliphatic carbocycles. The zero-order valence-corrected chi connectivity index (χ0v) is 16.8. The first kappa shape index (κ1) is 18.8. The van der Waals surface area contributed by atoms with E-state index in [1.54, 1.807) is 37.3 Å². The van der Waals surface area contributed by atoms with Gasteiger partial charge in [0.25, 0.3) is 11.6 Å². The van der Waals surface area contributed by atoms with E-state index in [2.05, 4.69) is 26.2 Å². The van der Waals surface area contributed by atoms with Crippen LogP contribution in [-0.2, 0) is 0 Å². The number of oxazole rings is 1. The Morgan fingerprint density at radius 2 is 1.93 bits per heavy atom. The van der Waals surface area contributed by atoms with Crippen LogP contribution in [0.4, 0.5) is 11.4 Å². The molecule has 0 saturated carbocycles. The number of nitro groups is 1. The van der Waals surface area contributed by atoms with Crippen molar-refractivity contribution in [3.63, 3.8) is 0 Å². The minimum Gasteiger partial charge on any atom is -0.436 e. The van der Waals surface area contributed by atoms with Crippen molar-refractivity contribution in [2.24, 2.45) is 0 Å². The molecule has 0 aliphatic rings. The molecule has 1 aromatic heterocycles. The fourth-order valence-electron chi connectivity index (χ4n) is 2.91. The lowest BCUT2D eigenvalue weighted by Gasteiger charge is -2.06. The maximum absolute atomic E-state index is 12.5. The Bertz CT molecular complexity index is 1270. The number of aryl methyl sites for hydroxylation is 1. The molecule has 0 radical (unpaired) electrons. The second kappa shape index (κ2) is 7.48. The van der Waals surface area contributed by atoms with Crippen LogP contribution in [0, 0.1) is 17.0 Å². The van der Waals surface area contributed by atoms with Gasteiger partial charge >= 0.3 is 0 Å². The van der Waals surface area contributed by atoms with E-state index in [9.17, 15) is 14.9 Å². The Morgan fingerprint density at radius 3 is 2.69 bits per heavy atom. The van der Waals surface area contributed by atoms with Crippen molar-refractivity contribution in [1.29, 1.82) is 0 Å². The number of anilines is 1. The van der Waals surface area contributed by atoms with Gasteiger partial charge in [0.1, 0.15) is 5.52 Å². The lowest BCUT2D eigenvalue weighted by molar-refractivity contribution is -0.385. The molecule has 0 aliphatic heterocycles. The Labute approximate surface area is 173 Å². The van der Waals surface area contributed by atoms with Gasteiger partial charge in [0.05, 0.1) is 10.5 Å². The summed E-state index contributed by atoms with van der Waals surface area (Å²) in [6, 6.07) is 17.1. The molecule has 0 bridgehead atoms. The van der Waals surface area contributed by atoms with Gasteiger partial charge in [0.2, 0.25) is 5.89 Å². The summed E-state index contributed by atoms with van der Waals surface area (Å²) < 4.78 is 6.67. The highest BCUT2D eigenvalue weighted by atomic mass is 79.9. The molecule has 0 atom stereocenters. The number of fused-ring (bicyclic) bond motifs is 1. The SMILES string of the molecule is Cc1ccc(C(=O)Nc2ccc3oc(-c4ccccc4Br)nc3c2)cc1[N+](=O)[O-]. The molecule has 3 aromatic carbocycles. The molecule has 8 heteroatoms. The number of hydrogen-bond donors (Lipinski definition) is 1. The minimum absolute atomic E-state index is 0.0947. The third-order valence-corrected chi connectivity index (χ3v) is 5.11. The molecule has 1 N–H and O–H groups in total. The van der Waals surface area contributed by atoms with E-state index in [4.69, 9.17) is 4.42 Å². The Morgan fingerprint density at radius 1 is 1.14 bits per heavy atom. The highest BCUT2D eigenvalue weighted by Crippen LogP contribution is 2.31. The number of nitro benzene ring substituents is 1. The van der Waals surface area contributed by atoms with Gasteiger partial charge in [-0.15, -0.1) is 0 Å². The van der Waals surface area contributed by atoms with E-state index in [0.29, 0.717) is 28.2 Å². The Balaban J connectivity index is 1.62. The van der Waals surface area contributed by atoms with E-state index in [0.717, 1.165) is 10.0 Å². The van der Waals surface area contributed by atoms with Gasteiger partial charge in [-0.2, -0.15) is 0 Å². The summed E-state index contributed by atoms with van der Waals surface area (Å²) in [5.41, 5.74) is 3.11. The third-order valence-electron chi connectivity index (χ3n) is 4.42. The molecule has 29 heavy (non-hydrogen) atoms. The standard InChI is InChI=1S/C21H14BrN3O4/c1-12-6-7-13(10-18(12)25(27)28)20(26)23-14-8-9-19-17(11-14)24-21(29-19)15-4-2-3-5-16(15)22/h2-11H,1H3,(H,23,26). The van der Waals surface area contributed by atoms with E-state index in [-0.39, 0.29) is 11.3 Å². The highest BCUT2D eigenvalue weighted by Gasteiger charge is 2.16. The van der Waals surface area contributed by atoms with Crippen LogP contribution in [0.25, 0.3) is 22.6 Å². The number of halogens is 1.